The van der Waals surface area contributed by atoms with Gasteiger partial charge in [0.15, 0.2) is 0 Å². The van der Waals surface area contributed by atoms with Gasteiger partial charge in [0.25, 0.3) is 5.91 Å². The number of halogens is 5. The van der Waals surface area contributed by atoms with Gasteiger partial charge < -0.3 is 15.7 Å². The molecule has 1 fully saturated rings. The first kappa shape index (κ1) is 33.1. The zero-order chi connectivity index (χ0) is 34.2. The van der Waals surface area contributed by atoms with Crippen molar-refractivity contribution >= 4 is 28.9 Å². The van der Waals surface area contributed by atoms with E-state index in [0.717, 1.165) is 49.6 Å². The highest BCUT2D eigenvalue weighted by atomic mass is 19.4. The van der Waals surface area contributed by atoms with Gasteiger partial charge in [-0.3, -0.25) is 14.5 Å². The summed E-state index contributed by atoms with van der Waals surface area (Å²) in [7, 11) is 0. The first-order valence-electron chi connectivity index (χ1n) is 15.8. The molecule has 4 aromatic carbocycles. The molecule has 48 heavy (non-hydrogen) atoms. The van der Waals surface area contributed by atoms with Gasteiger partial charge in [-0.15, -0.1) is 0 Å². The van der Waals surface area contributed by atoms with Crippen LogP contribution in [0.2, 0.25) is 0 Å². The second-order valence-corrected chi connectivity index (χ2v) is 12.4. The molecule has 1 aliphatic carbocycles. The van der Waals surface area contributed by atoms with Crippen LogP contribution in [0.25, 0.3) is 0 Å². The quantitative estimate of drug-likeness (QED) is 0.174. The van der Waals surface area contributed by atoms with Gasteiger partial charge in [0.2, 0.25) is 5.91 Å². The van der Waals surface area contributed by atoms with Crippen molar-refractivity contribution in [2.45, 2.75) is 63.9 Å². The van der Waals surface area contributed by atoms with E-state index in [1.807, 2.05) is 12.1 Å². The lowest BCUT2D eigenvalue weighted by molar-refractivity contribution is -0.138. The lowest BCUT2D eigenvalue weighted by Crippen LogP contribution is -2.47. The van der Waals surface area contributed by atoms with E-state index in [1.165, 1.54) is 35.2 Å². The summed E-state index contributed by atoms with van der Waals surface area (Å²) in [4.78, 5) is 29.8. The molecule has 3 N–H and O–H groups in total. The maximum atomic E-state index is 15.3. The number of rotatable bonds is 7. The molecule has 1 aliphatic heterocycles. The fourth-order valence-corrected chi connectivity index (χ4v) is 6.86. The van der Waals surface area contributed by atoms with Gasteiger partial charge >= 0.3 is 6.18 Å². The van der Waals surface area contributed by atoms with Crippen molar-refractivity contribution in [2.75, 3.05) is 15.5 Å². The normalized spacial score (nSPS) is 18.0. The van der Waals surface area contributed by atoms with Crippen LogP contribution in [0.15, 0.2) is 78.9 Å². The Morgan fingerprint density at radius 2 is 1.62 bits per heavy atom. The minimum atomic E-state index is -4.79. The second kappa shape index (κ2) is 13.4. The Kier molecular flexibility index (Phi) is 9.24. The van der Waals surface area contributed by atoms with E-state index in [1.54, 1.807) is 25.1 Å². The molecule has 2 atom stereocenters. The van der Waals surface area contributed by atoms with Gasteiger partial charge in [-0.1, -0.05) is 49.2 Å². The smallest absolute Gasteiger partial charge is 0.392 e. The van der Waals surface area contributed by atoms with Crippen LogP contribution in [0, 0.1) is 24.5 Å². The molecule has 250 valence electrons. The molecule has 6 rings (SSSR count). The molecule has 1 unspecified atom stereocenters. The second-order valence-electron chi connectivity index (χ2n) is 12.4. The van der Waals surface area contributed by atoms with Crippen molar-refractivity contribution in [2.24, 2.45) is 5.92 Å². The van der Waals surface area contributed by atoms with Crippen molar-refractivity contribution < 1.29 is 36.6 Å². The van der Waals surface area contributed by atoms with Crippen LogP contribution in [0.4, 0.5) is 39.0 Å². The van der Waals surface area contributed by atoms with E-state index in [-0.39, 0.29) is 28.9 Å². The Hall–Kier alpha value is -4.77. The number of carbonyl (C=O) groups excluding carboxylic acids is 2. The minimum Gasteiger partial charge on any atom is -0.392 e. The Labute approximate surface area is 274 Å². The topological polar surface area (TPSA) is 81.7 Å². The first-order valence-corrected chi connectivity index (χ1v) is 15.8. The molecule has 0 aromatic heterocycles. The van der Waals surface area contributed by atoms with Crippen molar-refractivity contribution in [1.82, 2.24) is 0 Å². The van der Waals surface area contributed by atoms with Crippen LogP contribution >= 0.6 is 0 Å². The number of benzene rings is 4. The van der Waals surface area contributed by atoms with Gasteiger partial charge in [-0.2, -0.15) is 13.2 Å². The lowest BCUT2D eigenvalue weighted by atomic mass is 9.80. The highest BCUT2D eigenvalue weighted by Crippen LogP contribution is 2.45. The van der Waals surface area contributed by atoms with Crippen molar-refractivity contribution in [1.29, 1.82) is 0 Å². The number of carbonyl (C=O) groups is 2. The zero-order valence-electron chi connectivity index (χ0n) is 26.1. The molecule has 6 nitrogen and oxygen atoms in total. The van der Waals surface area contributed by atoms with Crippen LogP contribution in [-0.2, 0) is 24.0 Å². The predicted octanol–water partition coefficient (Wildman–Crippen LogP) is 8.34. The third kappa shape index (κ3) is 6.64. The first-order chi connectivity index (χ1) is 22.9. The summed E-state index contributed by atoms with van der Waals surface area (Å²) in [5, 5.41) is 15.5. The summed E-state index contributed by atoms with van der Waals surface area (Å²) in [5.74, 6) is -4.00. The summed E-state index contributed by atoms with van der Waals surface area (Å²) in [5.41, 5.74) is 0.411. The molecule has 4 aromatic rings. The molecule has 0 radical (unpaired) electrons. The maximum Gasteiger partial charge on any atom is 0.416 e. The number of nitrogens with zero attached hydrogens (tertiary/aromatic N) is 1. The van der Waals surface area contributed by atoms with E-state index >= 15 is 4.39 Å². The van der Waals surface area contributed by atoms with E-state index in [2.05, 4.69) is 10.6 Å². The number of hydrogen-bond donors (Lipinski definition) is 3. The molecule has 2 amide bonds. The predicted molar refractivity (Wildman–Crippen MR) is 173 cm³/mol. The Balaban J connectivity index is 1.46. The summed E-state index contributed by atoms with van der Waals surface area (Å²) in [6.07, 6.45) is -0.447. The van der Waals surface area contributed by atoms with Crippen molar-refractivity contribution in [3.05, 3.63) is 124 Å². The summed E-state index contributed by atoms with van der Waals surface area (Å²) < 4.78 is 71.5. The zero-order valence-corrected chi connectivity index (χ0v) is 26.1. The van der Waals surface area contributed by atoms with Crippen LogP contribution in [0.1, 0.15) is 69.9 Å². The average Bonchev–Trinajstić information content (AvgIpc) is 3.57. The number of hydrogen-bond acceptors (Lipinski definition) is 4. The highest BCUT2D eigenvalue weighted by molar-refractivity contribution is 6.09. The van der Waals surface area contributed by atoms with Gasteiger partial charge in [0.1, 0.15) is 11.6 Å². The number of alkyl halides is 3. The van der Waals surface area contributed by atoms with E-state index in [4.69, 9.17) is 0 Å². The van der Waals surface area contributed by atoms with Crippen molar-refractivity contribution in [3.8, 4) is 0 Å². The molecular weight excluding hydrogens is 629 g/mol. The monoisotopic (exact) mass is 663 g/mol. The average molecular weight is 664 g/mol. The van der Waals surface area contributed by atoms with E-state index < -0.39 is 53.8 Å². The van der Waals surface area contributed by atoms with E-state index in [9.17, 15) is 32.3 Å². The third-order valence-corrected chi connectivity index (χ3v) is 9.23. The number of aliphatic hydroxyl groups excluding tert-OH is 1. The van der Waals surface area contributed by atoms with Gasteiger partial charge in [-0.25, -0.2) is 8.78 Å². The Bertz CT molecular complexity index is 1820. The summed E-state index contributed by atoms with van der Waals surface area (Å²) in [6.45, 7) is 0.725. The molecule has 1 heterocycles. The minimum absolute atomic E-state index is 0.00900. The van der Waals surface area contributed by atoms with Crippen LogP contribution in [-0.4, -0.2) is 23.0 Å². The van der Waals surface area contributed by atoms with Crippen LogP contribution in [0.3, 0.4) is 0 Å². The largest absolute Gasteiger partial charge is 0.416 e. The lowest BCUT2D eigenvalue weighted by Gasteiger charge is -2.42. The van der Waals surface area contributed by atoms with Gasteiger partial charge in [-0.05, 0) is 90.9 Å². The number of aryl methyl sites for hydroxylation is 1. The Morgan fingerprint density at radius 3 is 2.29 bits per heavy atom. The molecule has 11 heteroatoms. The summed E-state index contributed by atoms with van der Waals surface area (Å²) >= 11 is 0. The summed E-state index contributed by atoms with van der Waals surface area (Å²) in [6, 6.07) is 17.5. The van der Waals surface area contributed by atoms with Gasteiger partial charge in [0.05, 0.1) is 35.4 Å². The number of nitrogens with one attached hydrogen (secondary N) is 2. The standard InChI is InChI=1S/C37H34F5N3O3/c1-21-5-4-8-31(39)33(21)36(48)45-32-18-25(38)13-9-23(32)17-29(34(45)22-10-14-27(15-11-22)43-26-6-2-3-7-26)35(47)44-28-16-12-24(20-46)30(19-28)37(40,41)42/h4-5,8-16,18-19,26,29,34,43,46H,2-3,6-7,17,20H2,1H3,(H,44,47)/t29-,34?/m0/s1. The Morgan fingerprint density at radius 1 is 0.917 bits per heavy atom. The fourth-order valence-electron chi connectivity index (χ4n) is 6.86. The fraction of sp³-hybridized carbons (Fsp3) is 0.297. The van der Waals surface area contributed by atoms with Crippen LogP contribution < -0.4 is 15.5 Å². The van der Waals surface area contributed by atoms with Gasteiger partial charge in [0, 0.05) is 17.4 Å². The molecule has 0 bridgehead atoms. The molecule has 0 spiro atoms. The molecular formula is C37H34F5N3O3. The molecule has 2 aliphatic rings. The molecule has 1 saturated carbocycles. The highest BCUT2D eigenvalue weighted by Gasteiger charge is 2.44. The third-order valence-electron chi connectivity index (χ3n) is 9.23. The van der Waals surface area contributed by atoms with Crippen molar-refractivity contribution in [3.63, 3.8) is 0 Å². The number of aliphatic hydroxyl groups is 1. The van der Waals surface area contributed by atoms with Crippen LogP contribution in [0.5, 0.6) is 0 Å². The maximum absolute atomic E-state index is 15.3. The van der Waals surface area contributed by atoms with E-state index in [0.29, 0.717) is 22.7 Å². The molecule has 0 saturated heterocycles. The number of amides is 2. The number of fused-ring (bicyclic) bond motifs is 1. The number of anilines is 3. The SMILES string of the molecule is Cc1cccc(F)c1C(=O)N1c2cc(F)ccc2C[C@H](C(=O)Nc2ccc(CO)c(C(F)(F)F)c2)C1c1ccc(NC2CCCC2)cc1.